The van der Waals surface area contributed by atoms with Gasteiger partial charge in [0.2, 0.25) is 0 Å². The van der Waals surface area contributed by atoms with Crippen LogP contribution in [0.25, 0.3) is 0 Å². The molecule has 1 aromatic carbocycles. The van der Waals surface area contributed by atoms with Gasteiger partial charge in [-0.15, -0.1) is 11.3 Å². The Morgan fingerprint density at radius 1 is 1.15 bits per heavy atom. The van der Waals surface area contributed by atoms with Crippen molar-refractivity contribution >= 4 is 17.2 Å². The number of rotatable bonds is 2. The Bertz CT molecular complexity index is 840. The molecule has 0 unspecified atom stereocenters. The Morgan fingerprint density at radius 3 is 2.65 bits per heavy atom. The molecule has 4 fully saturated rings. The van der Waals surface area contributed by atoms with Crippen LogP contribution in [0, 0.1) is 12.8 Å². The average molecular weight is 369 g/mol. The van der Waals surface area contributed by atoms with E-state index >= 15 is 0 Å². The van der Waals surface area contributed by atoms with Crippen LogP contribution in [0.1, 0.15) is 38.9 Å². The van der Waals surface area contributed by atoms with Crippen molar-refractivity contribution in [1.29, 1.82) is 0 Å². The molecule has 0 radical (unpaired) electrons. The molecule has 5 heteroatoms. The first-order valence-corrected chi connectivity index (χ1v) is 10.3. The van der Waals surface area contributed by atoms with Crippen molar-refractivity contribution in [3.8, 4) is 5.75 Å². The Kier molecular flexibility index (Phi) is 3.83. The van der Waals surface area contributed by atoms with Crippen LogP contribution in [0.4, 0.5) is 0 Å². The summed E-state index contributed by atoms with van der Waals surface area (Å²) in [6.45, 7) is 5.09. The van der Waals surface area contributed by atoms with Crippen LogP contribution in [0.2, 0.25) is 0 Å². The van der Waals surface area contributed by atoms with E-state index in [2.05, 4.69) is 22.8 Å². The summed E-state index contributed by atoms with van der Waals surface area (Å²) in [6, 6.07) is 12.3. The number of benzene rings is 1. The first kappa shape index (κ1) is 16.3. The molecule has 4 saturated heterocycles. The fourth-order valence-electron chi connectivity index (χ4n) is 5.39. The number of hydrogen-bond acceptors (Lipinski definition) is 4. The molecule has 0 spiro atoms. The van der Waals surface area contributed by atoms with E-state index in [-0.39, 0.29) is 11.8 Å². The maximum Gasteiger partial charge on any atom is 0.264 e. The molecule has 4 aliphatic rings. The number of carbonyl (C=O) groups is 1. The van der Waals surface area contributed by atoms with Crippen LogP contribution < -0.4 is 0 Å². The highest BCUT2D eigenvalue weighted by Crippen LogP contribution is 2.47. The van der Waals surface area contributed by atoms with Crippen molar-refractivity contribution in [2.45, 2.75) is 37.8 Å². The Hall–Kier alpha value is -1.85. The van der Waals surface area contributed by atoms with Gasteiger partial charge in [0.25, 0.3) is 5.91 Å². The number of thiophene rings is 1. The Balaban J connectivity index is 1.53. The lowest BCUT2D eigenvalue weighted by Crippen LogP contribution is -2.60. The topological polar surface area (TPSA) is 43.8 Å². The van der Waals surface area contributed by atoms with Gasteiger partial charge < -0.3 is 10.0 Å². The lowest BCUT2D eigenvalue weighted by Gasteiger charge is -2.51. The first-order valence-electron chi connectivity index (χ1n) is 9.52. The van der Waals surface area contributed by atoms with Crippen LogP contribution in [0.3, 0.4) is 0 Å². The van der Waals surface area contributed by atoms with Crippen LogP contribution in [0.5, 0.6) is 5.75 Å². The van der Waals surface area contributed by atoms with E-state index in [1.54, 1.807) is 17.4 Å². The summed E-state index contributed by atoms with van der Waals surface area (Å²) < 4.78 is 0. The predicted molar refractivity (Wildman–Crippen MR) is 103 cm³/mol. The summed E-state index contributed by atoms with van der Waals surface area (Å²) in [7, 11) is 0. The second-order valence-electron chi connectivity index (χ2n) is 7.92. The number of piperidine rings is 3. The number of amides is 1. The molecule has 1 amide bonds. The number of phenols is 1. The van der Waals surface area contributed by atoms with Gasteiger partial charge in [0, 0.05) is 23.4 Å². The van der Waals surface area contributed by atoms with Gasteiger partial charge in [-0.05, 0) is 68.6 Å². The van der Waals surface area contributed by atoms with E-state index in [4.69, 9.17) is 0 Å². The second-order valence-corrected chi connectivity index (χ2v) is 9.21. The van der Waals surface area contributed by atoms with E-state index < -0.39 is 0 Å². The van der Waals surface area contributed by atoms with Crippen LogP contribution >= 0.6 is 11.3 Å². The van der Waals surface area contributed by atoms with Gasteiger partial charge in [0.15, 0.2) is 0 Å². The largest absolute Gasteiger partial charge is 0.508 e. The highest BCUT2D eigenvalue weighted by Gasteiger charge is 2.54. The van der Waals surface area contributed by atoms with Crippen molar-refractivity contribution in [2.24, 2.45) is 5.92 Å². The first-order chi connectivity index (χ1) is 12.6. The summed E-state index contributed by atoms with van der Waals surface area (Å²) in [5.74, 6) is 1.39. The van der Waals surface area contributed by atoms with Gasteiger partial charge in [-0.25, -0.2) is 0 Å². The zero-order valence-corrected chi connectivity index (χ0v) is 15.8. The van der Waals surface area contributed by atoms with E-state index in [0.717, 1.165) is 30.1 Å². The lowest BCUT2D eigenvalue weighted by atomic mass is 9.75. The van der Waals surface area contributed by atoms with Crippen LogP contribution in [0.15, 0.2) is 36.4 Å². The Labute approximate surface area is 158 Å². The fourth-order valence-corrected chi connectivity index (χ4v) is 6.22. The van der Waals surface area contributed by atoms with E-state index in [1.165, 1.54) is 17.7 Å². The molecular weight excluding hydrogens is 344 g/mol. The zero-order valence-electron chi connectivity index (χ0n) is 15.0. The maximum absolute atomic E-state index is 13.3. The summed E-state index contributed by atoms with van der Waals surface area (Å²) >= 11 is 1.60. The minimum absolute atomic E-state index is 0.189. The van der Waals surface area contributed by atoms with Gasteiger partial charge in [0.1, 0.15) is 5.75 Å². The predicted octanol–water partition coefficient (Wildman–Crippen LogP) is 3.46. The highest BCUT2D eigenvalue weighted by molar-refractivity contribution is 7.13. The lowest BCUT2D eigenvalue weighted by molar-refractivity contribution is -0.00326. The molecule has 136 valence electrons. The van der Waals surface area contributed by atoms with Gasteiger partial charge in [-0.2, -0.15) is 0 Å². The van der Waals surface area contributed by atoms with Crippen molar-refractivity contribution in [1.82, 2.24) is 9.80 Å². The van der Waals surface area contributed by atoms with Crippen molar-refractivity contribution in [3.63, 3.8) is 0 Å². The summed E-state index contributed by atoms with van der Waals surface area (Å²) in [5.41, 5.74) is 1.16. The van der Waals surface area contributed by atoms with Crippen molar-refractivity contribution in [2.75, 3.05) is 19.6 Å². The van der Waals surface area contributed by atoms with E-state index in [9.17, 15) is 9.90 Å². The minimum atomic E-state index is 0.189. The van der Waals surface area contributed by atoms with Gasteiger partial charge in [-0.1, -0.05) is 12.1 Å². The zero-order chi connectivity index (χ0) is 17.8. The molecule has 0 saturated carbocycles. The van der Waals surface area contributed by atoms with Gasteiger partial charge in [0.05, 0.1) is 10.9 Å². The van der Waals surface area contributed by atoms with Crippen LogP contribution in [-0.4, -0.2) is 52.5 Å². The van der Waals surface area contributed by atoms with E-state index in [1.807, 2.05) is 24.3 Å². The molecule has 3 atom stereocenters. The molecule has 4 aliphatic heterocycles. The smallest absolute Gasteiger partial charge is 0.264 e. The monoisotopic (exact) mass is 368 g/mol. The third-order valence-electron chi connectivity index (χ3n) is 6.50. The maximum atomic E-state index is 13.3. The molecular formula is C21H24N2O2S. The van der Waals surface area contributed by atoms with Crippen molar-refractivity contribution < 1.29 is 9.90 Å². The number of hydrogen-bond donors (Lipinski definition) is 1. The number of fused-ring (bicyclic) bond motifs is 2. The van der Waals surface area contributed by atoms with Crippen molar-refractivity contribution in [3.05, 3.63) is 51.7 Å². The summed E-state index contributed by atoms with van der Waals surface area (Å²) in [4.78, 5) is 20.1. The number of nitrogens with zero attached hydrogens (tertiary/aromatic N) is 2. The third kappa shape index (κ3) is 2.48. The fraction of sp³-hybridized carbons (Fsp3) is 0.476. The molecule has 1 aromatic heterocycles. The minimum Gasteiger partial charge on any atom is -0.508 e. The Morgan fingerprint density at radius 2 is 1.96 bits per heavy atom. The molecule has 2 bridgehead atoms. The van der Waals surface area contributed by atoms with E-state index in [0.29, 0.717) is 23.8 Å². The number of likely N-dealkylation sites (tertiary alicyclic amines) is 1. The number of aromatic hydroxyl groups is 1. The quantitative estimate of drug-likeness (QED) is 0.883. The molecule has 2 aromatic rings. The number of aryl methyl sites for hydroxylation is 1. The average Bonchev–Trinajstić information content (AvgIpc) is 3.27. The molecule has 5 heterocycles. The van der Waals surface area contributed by atoms with Gasteiger partial charge in [-0.3, -0.25) is 9.69 Å². The normalized spacial score (nSPS) is 32.7. The number of carbonyl (C=O) groups excluding carboxylic acids is 1. The number of phenolic OH excluding ortho intramolecular Hbond substituents is 1. The molecule has 6 rings (SSSR count). The molecule has 26 heavy (non-hydrogen) atoms. The molecule has 0 aliphatic carbocycles. The summed E-state index contributed by atoms with van der Waals surface area (Å²) in [5, 5.41) is 9.96. The SMILES string of the molecule is Cc1ccc(C(=O)N2C[C@@H](c3cccc(O)c3)[C@@H]3[C@H]2C2CCN3CC2)s1. The second kappa shape index (κ2) is 6.10. The summed E-state index contributed by atoms with van der Waals surface area (Å²) in [6.07, 6.45) is 2.39. The standard InChI is InChI=1S/C21H24N2O2S/c1-13-5-6-18(26-13)21(25)23-12-17(15-3-2-4-16(24)11-15)20-19(23)14-7-9-22(20)10-8-14/h2-6,11,14,17,19-20,24H,7-10,12H2,1H3/t17-,19+,20+/m0/s1. The van der Waals surface area contributed by atoms with Crippen LogP contribution in [-0.2, 0) is 0 Å². The molecule has 4 nitrogen and oxygen atoms in total. The highest BCUT2D eigenvalue weighted by atomic mass is 32.1. The van der Waals surface area contributed by atoms with Gasteiger partial charge >= 0.3 is 0 Å². The third-order valence-corrected chi connectivity index (χ3v) is 7.49. The molecule has 1 N–H and O–H groups in total.